The van der Waals surface area contributed by atoms with Gasteiger partial charge in [-0.15, -0.1) is 50.6 Å². The number of esters is 2. The van der Waals surface area contributed by atoms with Gasteiger partial charge in [-0.3, -0.25) is 19.2 Å². The quantitative estimate of drug-likeness (QED) is 0.0111. The molecule has 0 amide bonds. The number of carbonyl (C=O) groups excluding carboxylic acids is 3. The predicted molar refractivity (Wildman–Crippen MR) is 403 cm³/mol. The molecule has 10 aromatic rings. The summed E-state index contributed by atoms with van der Waals surface area (Å²) in [6, 6.07) is 20.5. The van der Waals surface area contributed by atoms with Gasteiger partial charge in [-0.25, -0.2) is 69.8 Å². The van der Waals surface area contributed by atoms with Crippen LogP contribution in [0.3, 0.4) is 0 Å². The smallest absolute Gasteiger partial charge is 0.416 e. The van der Waals surface area contributed by atoms with Gasteiger partial charge in [0, 0.05) is 35.9 Å². The van der Waals surface area contributed by atoms with Crippen LogP contribution in [-0.2, 0) is 123 Å². The van der Waals surface area contributed by atoms with E-state index in [9.17, 15) is 80.7 Å². The van der Waals surface area contributed by atoms with Gasteiger partial charge >= 0.3 is 36.2 Å². The number of Topliss-reactive ketones (excluding diaryl/α,β-unsaturated/α-hetero) is 1. The normalized spacial score (nSPS) is 12.9. The van der Waals surface area contributed by atoms with Crippen LogP contribution in [0.1, 0.15) is 93.7 Å². The van der Waals surface area contributed by atoms with Crippen LogP contribution in [0.2, 0.25) is 0 Å². The Morgan fingerprint density at radius 1 is 0.535 bits per heavy atom. The van der Waals surface area contributed by atoms with Crippen LogP contribution in [0.25, 0.3) is 30.6 Å². The van der Waals surface area contributed by atoms with Crippen molar-refractivity contribution in [2.24, 2.45) is 50.6 Å². The number of aromatic nitrogens is 9. The SMILES string of the molecule is C#CCOc1ccc2nc(S(N)(=O)=O)sc2c1.CC(C)C(N)C(=O)O.CC(C)[C@@H](C(=O)O)n1cc(COc2ccc3nc(S(N)(=O)=O)sc3c2)nn1.COC(=O)[C@@H](CC(=O)[C@H](C(C)C)n1cc(COc2ccc3nc(S(N)(=O)=O)sc3c2)nn1)Cc1ccc(C(F)(F)F)cc1.COC(=O)[C@@H](N)Cc1ccc(C(F)(F)F)cc1.[B].[W]. The van der Waals surface area contributed by atoms with Crippen LogP contribution in [0.5, 0.6) is 17.2 Å². The van der Waals surface area contributed by atoms with E-state index >= 15 is 0 Å². The molecule has 10 rings (SSSR count). The Labute approximate surface area is 677 Å². The number of ketones is 1. The van der Waals surface area contributed by atoms with Gasteiger partial charge in [0.15, 0.2) is 11.8 Å². The fourth-order valence-corrected chi connectivity index (χ4v) is 14.8. The van der Waals surface area contributed by atoms with Gasteiger partial charge in [0.05, 0.1) is 74.3 Å². The number of fused-ring (bicyclic) bond motifs is 3. The molecule has 613 valence electrons. The number of nitrogens with two attached hydrogens (primary N) is 5. The zero-order chi connectivity index (χ0) is 83.5. The Hall–Kier alpha value is -9.46. The van der Waals surface area contributed by atoms with Crippen LogP contribution in [0.4, 0.5) is 26.3 Å². The Morgan fingerprint density at radius 2 is 0.895 bits per heavy atom. The minimum atomic E-state index is -4.49. The number of carboxylic acid groups (broad SMARTS) is 2. The molecule has 0 aliphatic heterocycles. The van der Waals surface area contributed by atoms with Crippen LogP contribution < -0.4 is 41.1 Å². The average Bonchev–Trinajstić information content (AvgIpc) is 1.63. The summed E-state index contributed by atoms with van der Waals surface area (Å²) in [5, 5.41) is 48.8. The first kappa shape index (κ1) is 96.9. The molecule has 5 aromatic heterocycles. The number of hydrogen-bond donors (Lipinski definition) is 7. The molecular weight excluding hydrogens is 1800 g/mol. The number of thiazole rings is 3. The summed E-state index contributed by atoms with van der Waals surface area (Å²) in [6.07, 6.45) is -0.761. The van der Waals surface area contributed by atoms with Gasteiger partial charge in [-0.1, -0.05) is 82.2 Å². The third kappa shape index (κ3) is 28.8. The molecule has 12 N–H and O–H groups in total. The first-order valence-corrected chi connectivity index (χ1v) is 39.7. The largest absolute Gasteiger partial charge is 0.487 e. The molecule has 0 saturated heterocycles. The number of methoxy groups -OCH3 is 2. The van der Waals surface area contributed by atoms with Gasteiger partial charge in [0.1, 0.15) is 66.6 Å². The first-order chi connectivity index (χ1) is 52.2. The molecule has 0 saturated carbocycles. The molecule has 114 heavy (non-hydrogen) atoms. The second-order valence-electron chi connectivity index (χ2n) is 25.1. The number of halogens is 6. The molecule has 0 spiro atoms. The maximum atomic E-state index is 13.4. The van der Waals surface area contributed by atoms with Crippen LogP contribution in [0.15, 0.2) is 129 Å². The van der Waals surface area contributed by atoms with Crippen molar-refractivity contribution < 1.29 is 131 Å². The van der Waals surface area contributed by atoms with E-state index in [1.807, 2.05) is 13.8 Å². The molecule has 5 atom stereocenters. The van der Waals surface area contributed by atoms with Crippen molar-refractivity contribution in [3.05, 3.63) is 149 Å². The van der Waals surface area contributed by atoms with E-state index < -0.39 is 108 Å². The Morgan fingerprint density at radius 3 is 1.20 bits per heavy atom. The summed E-state index contributed by atoms with van der Waals surface area (Å²) in [7, 11) is -9.16. The topological polar surface area (TPSA) is 505 Å². The van der Waals surface area contributed by atoms with Crippen molar-refractivity contribution in [3.8, 4) is 29.6 Å². The number of ether oxygens (including phenoxy) is 5. The first-order valence-electron chi connectivity index (χ1n) is 32.6. The zero-order valence-electron chi connectivity index (χ0n) is 61.4. The number of nitrogens with zero attached hydrogens (tertiary/aromatic N) is 9. The number of alkyl halides is 6. The van der Waals surface area contributed by atoms with Crippen molar-refractivity contribution in [1.29, 1.82) is 0 Å². The maximum Gasteiger partial charge on any atom is 0.416 e. The monoisotopic (exact) mass is 1880 g/mol. The molecule has 46 heteroatoms. The van der Waals surface area contributed by atoms with Crippen LogP contribution >= 0.6 is 34.0 Å². The van der Waals surface area contributed by atoms with E-state index in [-0.39, 0.29) is 105 Å². The fraction of sp³-hybridized carbons (Fsp3) is 0.353. The summed E-state index contributed by atoms with van der Waals surface area (Å²) in [5.41, 5.74) is 12.5. The number of hydrogen-bond acceptors (Lipinski definition) is 28. The second-order valence-corrected chi connectivity index (χ2v) is 33.4. The maximum absolute atomic E-state index is 13.4. The predicted octanol–water partition coefficient (Wildman–Crippen LogP) is 8.09. The molecule has 0 aliphatic rings. The van der Waals surface area contributed by atoms with Crippen molar-refractivity contribution >= 4 is 133 Å². The van der Waals surface area contributed by atoms with E-state index in [0.29, 0.717) is 70.4 Å². The summed E-state index contributed by atoms with van der Waals surface area (Å²) in [5.74, 6) is -0.954. The van der Waals surface area contributed by atoms with E-state index in [1.54, 1.807) is 88.5 Å². The number of benzene rings is 5. The van der Waals surface area contributed by atoms with E-state index in [2.05, 4.69) is 46.2 Å². The van der Waals surface area contributed by atoms with E-state index in [1.165, 1.54) is 54.0 Å². The summed E-state index contributed by atoms with van der Waals surface area (Å²) in [6.45, 7) is 11.0. The third-order valence-corrected chi connectivity index (χ3v) is 22.4. The van der Waals surface area contributed by atoms with Gasteiger partial charge in [-0.2, -0.15) is 26.3 Å². The van der Waals surface area contributed by atoms with Gasteiger partial charge in [0.25, 0.3) is 30.1 Å². The summed E-state index contributed by atoms with van der Waals surface area (Å²) < 4.78 is 174. The molecular formula is C68H76BF6N14O18S6W. The molecule has 0 bridgehead atoms. The summed E-state index contributed by atoms with van der Waals surface area (Å²) >= 11 is 2.86. The van der Waals surface area contributed by atoms with E-state index in [4.69, 9.17) is 57.4 Å². The number of carbonyl (C=O) groups is 5. The minimum Gasteiger partial charge on any atom is -0.487 e. The zero-order valence-corrected chi connectivity index (χ0v) is 69.3. The molecule has 0 aliphatic carbocycles. The number of sulfonamides is 3. The summed E-state index contributed by atoms with van der Waals surface area (Å²) in [4.78, 5) is 70.2. The van der Waals surface area contributed by atoms with Crippen LogP contribution in [0, 0.1) is 36.0 Å². The van der Waals surface area contributed by atoms with E-state index in [0.717, 1.165) is 58.3 Å². The number of terminal acetylenes is 1. The minimum absolute atomic E-state index is 0. The van der Waals surface area contributed by atoms with Crippen molar-refractivity contribution in [2.75, 3.05) is 20.8 Å². The van der Waals surface area contributed by atoms with Gasteiger partial charge in [-0.05, 0) is 121 Å². The second kappa shape index (κ2) is 42.2. The Kier molecular flexibility index (Phi) is 35.9. The average molecular weight is 1880 g/mol. The number of carboxylic acids is 2. The number of aliphatic carboxylic acids is 2. The van der Waals surface area contributed by atoms with Crippen molar-refractivity contribution in [2.45, 2.75) is 124 Å². The molecule has 5 heterocycles. The molecule has 3 radical (unpaired) electrons. The molecule has 1 unspecified atom stereocenters. The van der Waals surface area contributed by atoms with Gasteiger partial charge < -0.3 is 45.4 Å². The van der Waals surface area contributed by atoms with Crippen molar-refractivity contribution in [3.63, 3.8) is 0 Å². The molecule has 5 aromatic carbocycles. The Bertz CT molecular complexity index is 5340. The Balaban J connectivity index is 0.000000329. The standard InChI is InChI=1S/C27H28F3N5O6S2.C15H17N5O5S2.C11H12F3NO2.C10H8N2O3S2.C5H11NO2.B.W/c1-15(2)24(22(36)11-17(25(37)40-3)10-16-4-6-18(7-5-16)27(28,29)30)35-13-19(33-34-35)14-41-20-8-9-21-23(12-20)42-26(32-21)43(31,38)39;1-8(2)13(14(21)22)20-6-9(18-19-20)7-25-10-3-4-11-12(5-10)26-15(17-11)27(16,23)24;1-17-10(16)9(15)6-7-2-4-8(5-3-7)11(12,13)14;1-2-5-15-7-3-4-8-9(6-7)16-10(12-8)17(11,13)14;1-3(2)4(6)5(7)8;;/h4-9,12-13,15,17,24H,10-11,14H2,1-3H3,(H2,31,38,39);3-6,8,13H,7H2,1-2H3,(H,21,22)(H2,16,23,24);2-5,9H,6,15H2,1H3;1,3-4,6H,5H2,(H2,11,13,14);3-4H,6H2,1-2H3,(H,7,8);;/t17-,24+;13-;9-;;;;/m100..../s1. The third-order valence-electron chi connectivity index (χ3n) is 15.4. The molecule has 32 nitrogen and oxygen atoms in total. The molecule has 0 fully saturated rings. The van der Waals surface area contributed by atoms with Gasteiger partial charge in [0.2, 0.25) is 13.0 Å². The number of rotatable bonds is 27. The van der Waals surface area contributed by atoms with Crippen molar-refractivity contribution in [1.82, 2.24) is 44.9 Å². The van der Waals surface area contributed by atoms with Crippen LogP contribution in [-0.4, -0.2) is 151 Å². The number of primary sulfonamides is 3. The fourth-order valence-electron chi connectivity index (χ4n) is 9.77.